The van der Waals surface area contributed by atoms with E-state index < -0.39 is 52.0 Å². The van der Waals surface area contributed by atoms with Crippen LogP contribution in [-0.4, -0.2) is 5.91 Å². The lowest BCUT2D eigenvalue weighted by molar-refractivity contribution is -0.137. The lowest BCUT2D eigenvalue weighted by atomic mass is 10.1. The van der Waals surface area contributed by atoms with E-state index >= 15 is 0 Å². The molecule has 0 atom stereocenters. The van der Waals surface area contributed by atoms with Crippen molar-refractivity contribution in [2.45, 2.75) is 19.7 Å². The van der Waals surface area contributed by atoms with Crippen molar-refractivity contribution in [1.29, 1.82) is 0 Å². The van der Waals surface area contributed by atoms with Crippen LogP contribution in [0.1, 0.15) is 27.0 Å². The molecule has 0 aliphatic carbocycles. The van der Waals surface area contributed by atoms with Crippen LogP contribution >= 0.6 is 11.6 Å². The summed E-state index contributed by atoms with van der Waals surface area (Å²) in [7, 11) is 0. The highest BCUT2D eigenvalue weighted by molar-refractivity contribution is 6.32. The lowest BCUT2D eigenvalue weighted by Gasteiger charge is -2.13. The Balaban J connectivity index is 1.75. The topological polar surface area (TPSA) is 38.3 Å². The van der Waals surface area contributed by atoms with Gasteiger partial charge >= 0.3 is 6.18 Å². The molecule has 33 heavy (non-hydrogen) atoms. The van der Waals surface area contributed by atoms with E-state index in [0.717, 1.165) is 19.1 Å². The van der Waals surface area contributed by atoms with Crippen molar-refractivity contribution in [3.8, 4) is 5.75 Å². The van der Waals surface area contributed by atoms with E-state index in [9.17, 15) is 35.5 Å². The summed E-state index contributed by atoms with van der Waals surface area (Å²) in [6.45, 7) is 0.668. The SMILES string of the molecule is Cc1c(F)c(F)c(F)c(F)c1C(=O)Nc1ccc(OCc2cccc(C(F)(F)F)c2)c(Cl)c1. The number of carbonyl (C=O) groups excluding carboxylic acids is 1. The van der Waals surface area contributed by atoms with Crippen molar-refractivity contribution < 1.29 is 40.3 Å². The maximum atomic E-state index is 14.0. The summed E-state index contributed by atoms with van der Waals surface area (Å²) in [5.74, 6) is -8.90. The molecule has 3 nitrogen and oxygen atoms in total. The number of benzene rings is 3. The molecular formula is C22H13ClF7NO2. The van der Waals surface area contributed by atoms with Crippen molar-refractivity contribution in [3.63, 3.8) is 0 Å². The third kappa shape index (κ3) is 5.22. The van der Waals surface area contributed by atoms with Crippen molar-refractivity contribution in [1.82, 2.24) is 0 Å². The third-order valence-corrected chi connectivity index (χ3v) is 4.86. The molecule has 174 valence electrons. The Hall–Kier alpha value is -3.27. The summed E-state index contributed by atoms with van der Waals surface area (Å²) in [4.78, 5) is 12.3. The molecule has 3 aromatic rings. The van der Waals surface area contributed by atoms with Gasteiger partial charge in [0.25, 0.3) is 5.91 Å². The Labute approximate surface area is 187 Å². The molecular weight excluding hydrogens is 479 g/mol. The number of hydrogen-bond acceptors (Lipinski definition) is 2. The normalized spacial score (nSPS) is 11.4. The highest BCUT2D eigenvalue weighted by Crippen LogP contribution is 2.32. The van der Waals surface area contributed by atoms with Crippen LogP contribution in [0.3, 0.4) is 0 Å². The summed E-state index contributed by atoms with van der Waals surface area (Å²) in [6, 6.07) is 8.19. The average Bonchev–Trinajstić information content (AvgIpc) is 2.75. The van der Waals surface area contributed by atoms with Gasteiger partial charge in [0.2, 0.25) is 0 Å². The fraction of sp³-hybridized carbons (Fsp3) is 0.136. The second-order valence-corrected chi connectivity index (χ2v) is 7.25. The molecule has 0 fully saturated rings. The third-order valence-electron chi connectivity index (χ3n) is 4.57. The second-order valence-electron chi connectivity index (χ2n) is 6.84. The molecule has 0 bridgehead atoms. The van der Waals surface area contributed by atoms with Gasteiger partial charge in [0, 0.05) is 11.3 Å². The largest absolute Gasteiger partial charge is 0.487 e. The zero-order chi connectivity index (χ0) is 24.5. The van der Waals surface area contributed by atoms with Crippen LogP contribution in [0.5, 0.6) is 5.75 Å². The zero-order valence-electron chi connectivity index (χ0n) is 16.6. The van der Waals surface area contributed by atoms with Crippen LogP contribution < -0.4 is 10.1 Å². The summed E-state index contributed by atoms with van der Waals surface area (Å²) in [5, 5.41) is 2.12. The van der Waals surface area contributed by atoms with Gasteiger partial charge in [-0.25, -0.2) is 17.6 Å². The van der Waals surface area contributed by atoms with E-state index in [0.29, 0.717) is 0 Å². The van der Waals surface area contributed by atoms with Crippen molar-refractivity contribution in [3.05, 3.63) is 93.0 Å². The summed E-state index contributed by atoms with van der Waals surface area (Å²) in [6.07, 6.45) is -4.51. The Morgan fingerprint density at radius 2 is 1.64 bits per heavy atom. The van der Waals surface area contributed by atoms with Gasteiger partial charge in [0.05, 0.1) is 16.1 Å². The molecule has 0 heterocycles. The summed E-state index contributed by atoms with van der Waals surface area (Å²) in [5.41, 5.74) is -2.38. The van der Waals surface area contributed by atoms with Crippen LogP contribution in [0.2, 0.25) is 5.02 Å². The standard InChI is InChI=1S/C22H13ClF7NO2/c1-10-16(18(25)20(27)19(26)17(10)24)21(32)31-13-5-6-15(14(23)8-13)33-9-11-3-2-4-12(7-11)22(28,29)30/h2-8H,9H2,1H3,(H,31,32). The van der Waals surface area contributed by atoms with E-state index in [1.165, 1.54) is 30.3 Å². The van der Waals surface area contributed by atoms with Crippen LogP contribution in [-0.2, 0) is 12.8 Å². The number of nitrogens with one attached hydrogen (secondary N) is 1. The molecule has 3 rings (SSSR count). The number of alkyl halides is 3. The first-order valence-corrected chi connectivity index (χ1v) is 9.50. The lowest BCUT2D eigenvalue weighted by Crippen LogP contribution is -2.18. The predicted octanol–water partition coefficient (Wildman–Crippen LogP) is 7.05. The fourth-order valence-corrected chi connectivity index (χ4v) is 3.13. The Morgan fingerprint density at radius 1 is 0.970 bits per heavy atom. The molecule has 0 radical (unpaired) electrons. The van der Waals surface area contributed by atoms with Crippen molar-refractivity contribution in [2.24, 2.45) is 0 Å². The molecule has 0 unspecified atom stereocenters. The van der Waals surface area contributed by atoms with E-state index in [4.69, 9.17) is 16.3 Å². The van der Waals surface area contributed by atoms with E-state index in [-0.39, 0.29) is 28.6 Å². The number of ether oxygens (including phenoxy) is 1. The number of anilines is 1. The van der Waals surface area contributed by atoms with E-state index in [2.05, 4.69) is 5.32 Å². The minimum atomic E-state index is -4.51. The number of rotatable bonds is 5. The number of carbonyl (C=O) groups is 1. The Morgan fingerprint density at radius 3 is 2.27 bits per heavy atom. The van der Waals surface area contributed by atoms with Gasteiger partial charge in [-0.05, 0) is 42.8 Å². The maximum absolute atomic E-state index is 14.0. The zero-order valence-corrected chi connectivity index (χ0v) is 17.3. The fourth-order valence-electron chi connectivity index (χ4n) is 2.90. The molecule has 0 saturated heterocycles. The quantitative estimate of drug-likeness (QED) is 0.236. The van der Waals surface area contributed by atoms with Gasteiger partial charge in [-0.3, -0.25) is 4.79 Å². The highest BCUT2D eigenvalue weighted by atomic mass is 35.5. The summed E-state index contributed by atoms with van der Waals surface area (Å²) >= 11 is 6.06. The molecule has 0 aromatic heterocycles. The first-order chi connectivity index (χ1) is 15.4. The predicted molar refractivity (Wildman–Crippen MR) is 106 cm³/mol. The first-order valence-electron chi connectivity index (χ1n) is 9.12. The average molecular weight is 492 g/mol. The number of amides is 1. The molecule has 0 saturated carbocycles. The molecule has 1 N–H and O–H groups in total. The molecule has 3 aromatic carbocycles. The Bertz CT molecular complexity index is 1200. The van der Waals surface area contributed by atoms with Gasteiger partial charge in [0.15, 0.2) is 23.3 Å². The van der Waals surface area contributed by atoms with Crippen LogP contribution in [0, 0.1) is 30.2 Å². The van der Waals surface area contributed by atoms with E-state index in [1.807, 2.05) is 0 Å². The maximum Gasteiger partial charge on any atom is 0.416 e. The smallest absolute Gasteiger partial charge is 0.416 e. The monoisotopic (exact) mass is 491 g/mol. The van der Waals surface area contributed by atoms with E-state index in [1.54, 1.807) is 0 Å². The summed E-state index contributed by atoms with van der Waals surface area (Å²) < 4.78 is 98.3. The number of halogens is 8. The molecule has 1 amide bonds. The van der Waals surface area contributed by atoms with Gasteiger partial charge in [-0.2, -0.15) is 13.2 Å². The van der Waals surface area contributed by atoms with Gasteiger partial charge in [-0.15, -0.1) is 0 Å². The van der Waals surface area contributed by atoms with Gasteiger partial charge < -0.3 is 10.1 Å². The van der Waals surface area contributed by atoms with Crippen LogP contribution in [0.25, 0.3) is 0 Å². The van der Waals surface area contributed by atoms with Gasteiger partial charge in [0.1, 0.15) is 12.4 Å². The second kappa shape index (κ2) is 9.30. The van der Waals surface area contributed by atoms with Gasteiger partial charge in [-0.1, -0.05) is 23.7 Å². The molecule has 0 spiro atoms. The highest BCUT2D eigenvalue weighted by Gasteiger charge is 2.30. The van der Waals surface area contributed by atoms with Crippen molar-refractivity contribution in [2.75, 3.05) is 5.32 Å². The molecule has 0 aliphatic rings. The van der Waals surface area contributed by atoms with Crippen LogP contribution in [0.15, 0.2) is 42.5 Å². The first kappa shape index (κ1) is 24.4. The molecule has 0 aliphatic heterocycles. The van der Waals surface area contributed by atoms with Crippen LogP contribution in [0.4, 0.5) is 36.4 Å². The molecule has 11 heteroatoms. The van der Waals surface area contributed by atoms with Crippen molar-refractivity contribution >= 4 is 23.2 Å². The Kier molecular flexibility index (Phi) is 6.87. The minimum Gasteiger partial charge on any atom is -0.487 e. The number of hydrogen-bond donors (Lipinski definition) is 1. The minimum absolute atomic E-state index is 0.0136.